The molecule has 1 fully saturated rings. The predicted octanol–water partition coefficient (Wildman–Crippen LogP) is 3.18. The minimum atomic E-state index is -0.155. The van der Waals surface area contributed by atoms with Gasteiger partial charge in [-0.1, -0.05) is 19.4 Å². The number of urea groups is 1. The molecule has 1 aromatic heterocycles. The number of hydrogen-bond acceptors (Lipinski definition) is 4. The quantitative estimate of drug-likeness (QED) is 0.602. The van der Waals surface area contributed by atoms with Crippen LogP contribution in [0.3, 0.4) is 0 Å². The first kappa shape index (κ1) is 22.9. The summed E-state index contributed by atoms with van der Waals surface area (Å²) in [5.41, 5.74) is 1.74. The van der Waals surface area contributed by atoms with Crippen LogP contribution in [0.4, 0.5) is 10.5 Å². The first-order chi connectivity index (χ1) is 16.0. The second kappa shape index (κ2) is 10.6. The van der Waals surface area contributed by atoms with E-state index in [9.17, 15) is 14.4 Å². The summed E-state index contributed by atoms with van der Waals surface area (Å²) >= 11 is 0. The lowest BCUT2D eigenvalue weighted by molar-refractivity contribution is -0.116. The van der Waals surface area contributed by atoms with Crippen LogP contribution in [0.2, 0.25) is 0 Å². The van der Waals surface area contributed by atoms with Crippen molar-refractivity contribution in [2.75, 3.05) is 31.6 Å². The number of benzene rings is 1. The fourth-order valence-electron chi connectivity index (χ4n) is 4.65. The van der Waals surface area contributed by atoms with Crippen molar-refractivity contribution < 1.29 is 14.3 Å². The molecule has 2 aliphatic rings. The van der Waals surface area contributed by atoms with E-state index in [-0.39, 0.29) is 42.3 Å². The number of ether oxygens (including phenoxy) is 1. The standard InChI is InChI=1S/C25H32N4O4/c1-2-3-13-33-21-9-7-20(8-10-21)27-23(30)11-12-26-25(32)28-15-18-14-19(17-28)22-5-4-6-24(31)29(22)16-18/h4-10,18-19H,2-3,11-17H2,1H3,(H,26,32)(H,27,30)/t18-,19?/m1/s1. The topological polar surface area (TPSA) is 92.7 Å². The number of hydrogen-bond donors (Lipinski definition) is 2. The summed E-state index contributed by atoms with van der Waals surface area (Å²) < 4.78 is 7.48. The van der Waals surface area contributed by atoms with Crippen molar-refractivity contribution in [3.05, 3.63) is 58.5 Å². The van der Waals surface area contributed by atoms with E-state index in [4.69, 9.17) is 4.74 Å². The number of carbonyl (C=O) groups excluding carboxylic acids is 2. The van der Waals surface area contributed by atoms with Crippen molar-refractivity contribution in [3.8, 4) is 5.75 Å². The molecular weight excluding hydrogens is 420 g/mol. The highest BCUT2D eigenvalue weighted by atomic mass is 16.5. The number of amides is 3. The van der Waals surface area contributed by atoms with Gasteiger partial charge in [-0.05, 0) is 49.1 Å². The van der Waals surface area contributed by atoms with E-state index in [2.05, 4.69) is 17.6 Å². The van der Waals surface area contributed by atoms with E-state index in [1.807, 2.05) is 39.8 Å². The van der Waals surface area contributed by atoms with Gasteiger partial charge in [0.2, 0.25) is 5.91 Å². The van der Waals surface area contributed by atoms with Crippen molar-refractivity contribution in [1.29, 1.82) is 0 Å². The molecule has 2 N–H and O–H groups in total. The van der Waals surface area contributed by atoms with Gasteiger partial charge in [0.1, 0.15) is 5.75 Å². The van der Waals surface area contributed by atoms with Gasteiger partial charge in [0.15, 0.2) is 0 Å². The smallest absolute Gasteiger partial charge is 0.317 e. The number of nitrogens with one attached hydrogen (secondary N) is 2. The van der Waals surface area contributed by atoms with Crippen LogP contribution >= 0.6 is 0 Å². The number of aromatic nitrogens is 1. The SMILES string of the molecule is CCCCOc1ccc(NC(=O)CCNC(=O)N2CC3C[C@H](C2)Cn2c3cccc2=O)cc1. The normalized spacial score (nSPS) is 18.9. The summed E-state index contributed by atoms with van der Waals surface area (Å²) in [4.78, 5) is 38.9. The van der Waals surface area contributed by atoms with E-state index >= 15 is 0 Å². The van der Waals surface area contributed by atoms with Gasteiger partial charge in [0, 0.05) is 56.0 Å². The molecule has 1 unspecified atom stereocenters. The summed E-state index contributed by atoms with van der Waals surface area (Å²) in [5, 5.41) is 5.72. The fourth-order valence-corrected chi connectivity index (χ4v) is 4.65. The zero-order valence-electron chi connectivity index (χ0n) is 19.1. The summed E-state index contributed by atoms with van der Waals surface area (Å²) in [5.74, 6) is 1.08. The Bertz CT molecular complexity index is 1030. The van der Waals surface area contributed by atoms with E-state index in [0.717, 1.165) is 30.7 Å². The van der Waals surface area contributed by atoms with Crippen LogP contribution in [0.15, 0.2) is 47.3 Å². The molecule has 0 spiro atoms. The van der Waals surface area contributed by atoms with Crippen molar-refractivity contribution >= 4 is 17.6 Å². The predicted molar refractivity (Wildman–Crippen MR) is 127 cm³/mol. The van der Waals surface area contributed by atoms with Gasteiger partial charge >= 0.3 is 6.03 Å². The molecule has 3 heterocycles. The van der Waals surface area contributed by atoms with Gasteiger partial charge in [-0.3, -0.25) is 9.59 Å². The van der Waals surface area contributed by atoms with Crippen LogP contribution < -0.4 is 20.9 Å². The van der Waals surface area contributed by atoms with E-state index in [1.54, 1.807) is 12.1 Å². The van der Waals surface area contributed by atoms with Crippen LogP contribution in [0.5, 0.6) is 5.75 Å². The lowest BCUT2D eigenvalue weighted by Crippen LogP contribution is -2.52. The minimum absolute atomic E-state index is 0.0322. The summed E-state index contributed by atoms with van der Waals surface area (Å²) in [6.07, 6.45) is 3.28. The maximum Gasteiger partial charge on any atom is 0.317 e. The van der Waals surface area contributed by atoms with Crippen LogP contribution in [0.1, 0.15) is 44.2 Å². The molecule has 2 bridgehead atoms. The minimum Gasteiger partial charge on any atom is -0.494 e. The maximum atomic E-state index is 12.7. The molecule has 176 valence electrons. The lowest BCUT2D eigenvalue weighted by Gasteiger charge is -2.42. The van der Waals surface area contributed by atoms with E-state index in [1.165, 1.54) is 0 Å². The molecule has 8 heteroatoms. The fraction of sp³-hybridized carbons (Fsp3) is 0.480. The highest BCUT2D eigenvalue weighted by molar-refractivity contribution is 5.91. The highest BCUT2D eigenvalue weighted by Gasteiger charge is 2.36. The van der Waals surface area contributed by atoms with Gasteiger partial charge in [0.05, 0.1) is 6.61 Å². The average Bonchev–Trinajstić information content (AvgIpc) is 2.81. The van der Waals surface area contributed by atoms with Gasteiger partial charge in [-0.2, -0.15) is 0 Å². The van der Waals surface area contributed by atoms with Crippen molar-refractivity contribution in [2.24, 2.45) is 5.92 Å². The molecule has 2 aromatic rings. The summed E-state index contributed by atoms with van der Waals surface area (Å²) in [7, 11) is 0. The molecular formula is C25H32N4O4. The molecule has 0 aliphatic carbocycles. The number of rotatable bonds is 8. The molecule has 2 aliphatic heterocycles. The van der Waals surface area contributed by atoms with Crippen LogP contribution in [-0.4, -0.2) is 47.6 Å². The number of anilines is 1. The Morgan fingerprint density at radius 2 is 1.91 bits per heavy atom. The van der Waals surface area contributed by atoms with Crippen molar-refractivity contribution in [1.82, 2.24) is 14.8 Å². The van der Waals surface area contributed by atoms with Crippen LogP contribution in [-0.2, 0) is 11.3 Å². The molecule has 0 radical (unpaired) electrons. The average molecular weight is 453 g/mol. The van der Waals surface area contributed by atoms with Crippen LogP contribution in [0, 0.1) is 5.92 Å². The lowest BCUT2D eigenvalue weighted by atomic mass is 9.83. The van der Waals surface area contributed by atoms with Crippen molar-refractivity contribution in [3.63, 3.8) is 0 Å². The Labute approximate surface area is 193 Å². The van der Waals surface area contributed by atoms with Gasteiger partial charge in [0.25, 0.3) is 5.56 Å². The number of likely N-dealkylation sites (tertiary alicyclic amines) is 1. The van der Waals surface area contributed by atoms with Gasteiger partial charge in [-0.25, -0.2) is 4.79 Å². The number of fused-ring (bicyclic) bond motifs is 4. The third-order valence-electron chi connectivity index (χ3n) is 6.30. The van der Waals surface area contributed by atoms with Gasteiger partial charge in [-0.15, -0.1) is 0 Å². The third kappa shape index (κ3) is 5.74. The van der Waals surface area contributed by atoms with E-state index in [0.29, 0.717) is 31.9 Å². The summed E-state index contributed by atoms with van der Waals surface area (Å²) in [6, 6.07) is 12.5. The first-order valence-electron chi connectivity index (χ1n) is 11.8. The Morgan fingerprint density at radius 1 is 1.09 bits per heavy atom. The molecule has 33 heavy (non-hydrogen) atoms. The molecule has 1 aromatic carbocycles. The van der Waals surface area contributed by atoms with Gasteiger partial charge < -0.3 is 24.8 Å². The largest absolute Gasteiger partial charge is 0.494 e. The number of pyridine rings is 1. The molecule has 0 saturated carbocycles. The Morgan fingerprint density at radius 3 is 2.70 bits per heavy atom. The Hall–Kier alpha value is -3.29. The molecule has 2 atom stereocenters. The number of carbonyl (C=O) groups is 2. The number of nitrogens with zero attached hydrogens (tertiary/aromatic N) is 2. The second-order valence-corrected chi connectivity index (χ2v) is 8.86. The maximum absolute atomic E-state index is 12.7. The Kier molecular flexibility index (Phi) is 7.32. The zero-order valence-corrected chi connectivity index (χ0v) is 19.1. The van der Waals surface area contributed by atoms with Crippen LogP contribution in [0.25, 0.3) is 0 Å². The number of unbranched alkanes of at least 4 members (excludes halogenated alkanes) is 1. The monoisotopic (exact) mass is 452 g/mol. The molecule has 8 nitrogen and oxygen atoms in total. The second-order valence-electron chi connectivity index (χ2n) is 8.86. The van der Waals surface area contributed by atoms with E-state index < -0.39 is 0 Å². The molecule has 1 saturated heterocycles. The highest BCUT2D eigenvalue weighted by Crippen LogP contribution is 2.34. The summed E-state index contributed by atoms with van der Waals surface area (Å²) in [6.45, 7) is 4.94. The van der Waals surface area contributed by atoms with Crippen molar-refractivity contribution in [2.45, 2.75) is 45.1 Å². The number of piperidine rings is 1. The molecule has 4 rings (SSSR count). The first-order valence-corrected chi connectivity index (χ1v) is 11.8. The Balaban J connectivity index is 1.21. The molecule has 3 amide bonds. The third-order valence-corrected chi connectivity index (χ3v) is 6.30. The zero-order chi connectivity index (χ0) is 23.2.